The number of nitrogens with zero attached hydrogens (tertiary/aromatic N) is 4. The lowest BCUT2D eigenvalue weighted by atomic mass is 9.83. The molecule has 8 heteroatoms. The average Bonchev–Trinajstić information content (AvgIpc) is 3.30. The maximum Gasteiger partial charge on any atom is 0.320 e. The van der Waals surface area contributed by atoms with E-state index < -0.39 is 5.60 Å². The van der Waals surface area contributed by atoms with E-state index in [4.69, 9.17) is 4.74 Å². The first-order chi connectivity index (χ1) is 14.5. The molecule has 4 saturated heterocycles. The number of rotatable bonds is 5. The summed E-state index contributed by atoms with van der Waals surface area (Å²) in [6.45, 7) is 4.98. The predicted molar refractivity (Wildman–Crippen MR) is 110 cm³/mol. The van der Waals surface area contributed by atoms with Gasteiger partial charge in [-0.1, -0.05) is 30.3 Å². The fourth-order valence-corrected chi connectivity index (χ4v) is 5.79. The molecule has 0 aliphatic carbocycles. The molecule has 0 saturated carbocycles. The monoisotopic (exact) mass is 414 g/mol. The van der Waals surface area contributed by atoms with Gasteiger partial charge in [-0.15, -0.1) is 0 Å². The minimum atomic E-state index is -0.424. The number of benzene rings is 1. The molecule has 4 aliphatic heterocycles. The Balaban J connectivity index is 1.29. The molecule has 5 rings (SSSR count). The summed E-state index contributed by atoms with van der Waals surface area (Å²) < 4.78 is 6.48. The molecule has 4 aliphatic rings. The molecular weight excluding hydrogens is 384 g/mol. The third-order valence-electron chi connectivity index (χ3n) is 7.30. The molecule has 8 nitrogen and oxygen atoms in total. The van der Waals surface area contributed by atoms with Crippen molar-refractivity contribution in [2.75, 3.05) is 59.5 Å². The summed E-state index contributed by atoms with van der Waals surface area (Å²) in [4.78, 5) is 32.7. The SMILES string of the molecule is CN1CCN(CC(=O)N2C[C@@H]3[C@H](CO)[C@H]4CN(Cc5ccccc5)C[C@]3(C2)O4)C1=O. The number of aliphatic hydroxyl groups excluding tert-OH is 1. The fourth-order valence-electron chi connectivity index (χ4n) is 5.79. The largest absolute Gasteiger partial charge is 0.396 e. The second-order valence-electron chi connectivity index (χ2n) is 9.23. The predicted octanol–water partition coefficient (Wildman–Crippen LogP) is 0.0741. The number of morpholine rings is 1. The molecule has 162 valence electrons. The minimum absolute atomic E-state index is 0.00326. The van der Waals surface area contributed by atoms with Crippen LogP contribution < -0.4 is 0 Å². The Morgan fingerprint density at radius 2 is 2.00 bits per heavy atom. The van der Waals surface area contributed by atoms with Crippen molar-refractivity contribution in [3.05, 3.63) is 35.9 Å². The first-order valence-corrected chi connectivity index (χ1v) is 10.8. The molecule has 1 spiro atoms. The summed E-state index contributed by atoms with van der Waals surface area (Å²) >= 11 is 0. The molecule has 1 N–H and O–H groups in total. The van der Waals surface area contributed by atoms with E-state index in [0.29, 0.717) is 26.2 Å². The first-order valence-electron chi connectivity index (χ1n) is 10.8. The van der Waals surface area contributed by atoms with Gasteiger partial charge >= 0.3 is 6.03 Å². The molecule has 0 radical (unpaired) electrons. The zero-order valence-corrected chi connectivity index (χ0v) is 17.4. The molecule has 4 heterocycles. The van der Waals surface area contributed by atoms with Gasteiger partial charge in [-0.25, -0.2) is 4.79 Å². The van der Waals surface area contributed by atoms with E-state index in [0.717, 1.165) is 19.6 Å². The van der Waals surface area contributed by atoms with Crippen LogP contribution >= 0.6 is 0 Å². The van der Waals surface area contributed by atoms with Crippen molar-refractivity contribution >= 4 is 11.9 Å². The van der Waals surface area contributed by atoms with E-state index >= 15 is 0 Å². The van der Waals surface area contributed by atoms with Crippen LogP contribution in [0.15, 0.2) is 30.3 Å². The van der Waals surface area contributed by atoms with Gasteiger partial charge in [-0.2, -0.15) is 0 Å². The number of carbonyl (C=O) groups is 2. The summed E-state index contributed by atoms with van der Waals surface area (Å²) in [6, 6.07) is 10.3. The molecule has 0 unspecified atom stereocenters. The quantitative estimate of drug-likeness (QED) is 0.738. The van der Waals surface area contributed by atoms with Crippen LogP contribution in [0, 0.1) is 11.8 Å². The van der Waals surface area contributed by atoms with Crippen molar-refractivity contribution in [3.8, 4) is 0 Å². The van der Waals surface area contributed by atoms with Gasteiger partial charge in [0, 0.05) is 64.8 Å². The summed E-state index contributed by atoms with van der Waals surface area (Å²) in [5.74, 6) is 0.150. The van der Waals surface area contributed by atoms with Gasteiger partial charge in [0.15, 0.2) is 0 Å². The highest BCUT2D eigenvalue weighted by atomic mass is 16.5. The van der Waals surface area contributed by atoms with E-state index in [9.17, 15) is 14.7 Å². The molecule has 1 aromatic carbocycles. The van der Waals surface area contributed by atoms with Gasteiger partial charge in [-0.05, 0) is 5.56 Å². The molecule has 3 amide bonds. The molecule has 4 atom stereocenters. The zero-order chi connectivity index (χ0) is 20.9. The Morgan fingerprint density at radius 1 is 1.20 bits per heavy atom. The van der Waals surface area contributed by atoms with Crippen LogP contribution in [0.2, 0.25) is 0 Å². The number of likely N-dealkylation sites (N-methyl/N-ethyl adjacent to an activating group) is 1. The number of carbonyl (C=O) groups excluding carboxylic acids is 2. The number of hydrogen-bond acceptors (Lipinski definition) is 5. The van der Waals surface area contributed by atoms with Gasteiger partial charge in [0.25, 0.3) is 0 Å². The Hall–Kier alpha value is -2.16. The van der Waals surface area contributed by atoms with Crippen LogP contribution in [0.25, 0.3) is 0 Å². The summed E-state index contributed by atoms with van der Waals surface area (Å²) in [5, 5.41) is 10.1. The zero-order valence-electron chi connectivity index (χ0n) is 17.4. The lowest BCUT2D eigenvalue weighted by Gasteiger charge is -2.40. The molecular formula is C22H30N4O4. The third kappa shape index (κ3) is 3.27. The van der Waals surface area contributed by atoms with E-state index in [-0.39, 0.29) is 43.0 Å². The van der Waals surface area contributed by atoms with Crippen molar-refractivity contribution in [2.24, 2.45) is 11.8 Å². The van der Waals surface area contributed by atoms with E-state index in [1.807, 2.05) is 11.0 Å². The summed E-state index contributed by atoms with van der Waals surface area (Å²) in [7, 11) is 1.76. The topological polar surface area (TPSA) is 76.6 Å². The molecule has 30 heavy (non-hydrogen) atoms. The van der Waals surface area contributed by atoms with Crippen LogP contribution in [-0.4, -0.2) is 108 Å². The highest BCUT2D eigenvalue weighted by Crippen LogP contribution is 2.49. The van der Waals surface area contributed by atoms with Crippen molar-refractivity contribution in [1.82, 2.24) is 19.6 Å². The van der Waals surface area contributed by atoms with Crippen molar-refractivity contribution < 1.29 is 19.4 Å². The van der Waals surface area contributed by atoms with Crippen LogP contribution in [-0.2, 0) is 16.1 Å². The lowest BCUT2D eigenvalue weighted by molar-refractivity contribution is -0.139. The van der Waals surface area contributed by atoms with E-state index in [2.05, 4.69) is 29.2 Å². The Morgan fingerprint density at radius 3 is 2.70 bits per heavy atom. The van der Waals surface area contributed by atoms with Gasteiger partial charge in [-0.3, -0.25) is 9.69 Å². The van der Waals surface area contributed by atoms with Crippen molar-refractivity contribution in [2.45, 2.75) is 18.2 Å². The smallest absolute Gasteiger partial charge is 0.320 e. The van der Waals surface area contributed by atoms with Crippen LogP contribution in [0.5, 0.6) is 0 Å². The number of likely N-dealkylation sites (tertiary alicyclic amines) is 2. The highest BCUT2D eigenvalue weighted by Gasteiger charge is 2.62. The molecule has 0 aromatic heterocycles. The number of hydrogen-bond donors (Lipinski definition) is 1. The van der Waals surface area contributed by atoms with Gasteiger partial charge in [0.2, 0.25) is 5.91 Å². The van der Waals surface area contributed by atoms with E-state index in [1.54, 1.807) is 16.8 Å². The molecule has 2 bridgehead atoms. The normalized spacial score (nSPS) is 33.5. The Labute approximate surface area is 177 Å². The van der Waals surface area contributed by atoms with Gasteiger partial charge < -0.3 is 24.5 Å². The fraction of sp³-hybridized carbons (Fsp3) is 0.636. The Bertz CT molecular complexity index is 821. The summed E-state index contributed by atoms with van der Waals surface area (Å²) in [5.41, 5.74) is 0.835. The lowest BCUT2D eigenvalue weighted by Crippen LogP contribution is -2.54. The Kier molecular flexibility index (Phi) is 4.95. The minimum Gasteiger partial charge on any atom is -0.396 e. The number of amides is 3. The maximum absolute atomic E-state index is 13.0. The maximum atomic E-state index is 13.0. The molecule has 4 fully saturated rings. The van der Waals surface area contributed by atoms with Gasteiger partial charge in [0.1, 0.15) is 12.1 Å². The first kappa shape index (κ1) is 19.8. The van der Waals surface area contributed by atoms with Crippen molar-refractivity contribution in [3.63, 3.8) is 0 Å². The van der Waals surface area contributed by atoms with Crippen LogP contribution in [0.1, 0.15) is 5.56 Å². The number of urea groups is 1. The molecule has 1 aromatic rings. The van der Waals surface area contributed by atoms with Crippen molar-refractivity contribution in [1.29, 1.82) is 0 Å². The number of aliphatic hydroxyl groups is 1. The van der Waals surface area contributed by atoms with Crippen LogP contribution in [0.3, 0.4) is 0 Å². The van der Waals surface area contributed by atoms with Crippen LogP contribution in [0.4, 0.5) is 4.79 Å². The van der Waals surface area contributed by atoms with Gasteiger partial charge in [0.05, 0.1) is 12.6 Å². The third-order valence-corrected chi connectivity index (χ3v) is 7.30. The van der Waals surface area contributed by atoms with E-state index in [1.165, 1.54) is 5.56 Å². The standard InChI is InChI=1S/C22H30N4O4/c1-23-7-8-25(21(23)29)12-20(28)26-10-18-17(13-27)19-11-24(14-22(18,15-26)30-19)9-16-5-3-2-4-6-16/h2-6,17-19,27H,7-15H2,1H3/t17-,18+,19+,22+/m0/s1. The number of fused-ring (bicyclic) bond motifs is 1. The second kappa shape index (κ2) is 7.51. The summed E-state index contributed by atoms with van der Waals surface area (Å²) in [6.07, 6.45) is 0.00326. The highest BCUT2D eigenvalue weighted by molar-refractivity contribution is 5.85. The average molecular weight is 415 g/mol. The number of ether oxygens (including phenoxy) is 1. The second-order valence-corrected chi connectivity index (χ2v) is 9.23.